The minimum absolute atomic E-state index is 0.298. The molecule has 5 rings (SSSR count). The molecule has 31 heavy (non-hydrogen) atoms. The number of hydrogen-bond donors (Lipinski definition) is 1. The normalized spacial score (nSPS) is 11.2. The summed E-state index contributed by atoms with van der Waals surface area (Å²) in [6, 6.07) is 18.1. The molecule has 0 spiro atoms. The Balaban J connectivity index is 1.77. The second kappa shape index (κ2) is 7.60. The van der Waals surface area contributed by atoms with E-state index in [1.54, 1.807) is 24.5 Å². The number of imidazole rings is 1. The van der Waals surface area contributed by atoms with Crippen LogP contribution in [-0.2, 0) is 6.42 Å². The number of nitrogens with zero attached hydrogens (tertiary/aromatic N) is 5. The zero-order valence-electron chi connectivity index (χ0n) is 16.8. The molecule has 0 saturated heterocycles. The molecule has 0 unspecified atom stereocenters. The number of rotatable bonds is 4. The van der Waals surface area contributed by atoms with Crippen molar-refractivity contribution in [1.29, 1.82) is 0 Å². The molecule has 0 fully saturated rings. The van der Waals surface area contributed by atoms with E-state index in [-0.39, 0.29) is 5.82 Å². The standard InChI is InChI=1S/C24H19FN6/c1-2-15-5-11-18(12-6-15)31-23(19-4-3-13-27-21(19)26)30-22-24(31)29-20(14-28-22)16-7-9-17(25)10-8-16/h3-14H,2H2,1H3,(H2,26,27). The first-order valence-corrected chi connectivity index (χ1v) is 9.95. The minimum Gasteiger partial charge on any atom is -0.383 e. The summed E-state index contributed by atoms with van der Waals surface area (Å²) < 4.78 is 15.3. The van der Waals surface area contributed by atoms with E-state index in [0.29, 0.717) is 34.2 Å². The van der Waals surface area contributed by atoms with Crippen molar-refractivity contribution in [2.24, 2.45) is 0 Å². The van der Waals surface area contributed by atoms with Gasteiger partial charge in [-0.3, -0.25) is 4.57 Å². The lowest BCUT2D eigenvalue weighted by Gasteiger charge is -2.11. The maximum Gasteiger partial charge on any atom is 0.198 e. The Morgan fingerprint density at radius 2 is 1.71 bits per heavy atom. The minimum atomic E-state index is -0.298. The quantitative estimate of drug-likeness (QED) is 0.459. The van der Waals surface area contributed by atoms with E-state index < -0.39 is 0 Å². The van der Waals surface area contributed by atoms with E-state index in [1.165, 1.54) is 17.7 Å². The number of nitrogen functional groups attached to an aromatic ring is 1. The molecule has 2 N–H and O–H groups in total. The first-order valence-electron chi connectivity index (χ1n) is 9.95. The smallest absolute Gasteiger partial charge is 0.198 e. The van der Waals surface area contributed by atoms with Crippen molar-refractivity contribution in [2.75, 3.05) is 5.73 Å². The Labute approximate surface area is 178 Å². The third-order valence-corrected chi connectivity index (χ3v) is 5.19. The zero-order valence-corrected chi connectivity index (χ0v) is 16.8. The predicted molar refractivity (Wildman–Crippen MR) is 119 cm³/mol. The fraction of sp³-hybridized carbons (Fsp3) is 0.0833. The Morgan fingerprint density at radius 1 is 0.935 bits per heavy atom. The largest absolute Gasteiger partial charge is 0.383 e. The topological polar surface area (TPSA) is 82.5 Å². The van der Waals surface area contributed by atoms with Crippen LogP contribution in [0.2, 0.25) is 0 Å². The van der Waals surface area contributed by atoms with Gasteiger partial charge in [0, 0.05) is 17.4 Å². The van der Waals surface area contributed by atoms with Crippen molar-refractivity contribution < 1.29 is 4.39 Å². The fourth-order valence-corrected chi connectivity index (χ4v) is 3.52. The summed E-state index contributed by atoms with van der Waals surface area (Å²) in [5.41, 5.74) is 11.5. The number of hydrogen-bond acceptors (Lipinski definition) is 5. The van der Waals surface area contributed by atoms with Crippen molar-refractivity contribution in [3.63, 3.8) is 0 Å². The molecule has 0 aliphatic rings. The number of benzene rings is 2. The highest BCUT2D eigenvalue weighted by atomic mass is 19.1. The molecule has 5 aromatic rings. The number of fused-ring (bicyclic) bond motifs is 1. The van der Waals surface area contributed by atoms with Crippen LogP contribution in [0.15, 0.2) is 73.1 Å². The third kappa shape index (κ3) is 3.40. The molecular weight excluding hydrogens is 391 g/mol. The van der Waals surface area contributed by atoms with Gasteiger partial charge in [-0.05, 0) is 60.5 Å². The first-order chi connectivity index (χ1) is 15.1. The zero-order chi connectivity index (χ0) is 21.4. The summed E-state index contributed by atoms with van der Waals surface area (Å²) >= 11 is 0. The van der Waals surface area contributed by atoms with Gasteiger partial charge in [-0.15, -0.1) is 0 Å². The Bertz CT molecular complexity index is 1370. The Morgan fingerprint density at radius 3 is 2.42 bits per heavy atom. The summed E-state index contributed by atoms with van der Waals surface area (Å²) in [4.78, 5) is 18.3. The molecule has 152 valence electrons. The Hall–Kier alpha value is -4.13. The van der Waals surface area contributed by atoms with Crippen LogP contribution in [0.4, 0.5) is 10.2 Å². The molecular formula is C24H19FN6. The second-order valence-electron chi connectivity index (χ2n) is 7.14. The molecule has 6 nitrogen and oxygen atoms in total. The summed E-state index contributed by atoms with van der Waals surface area (Å²) in [7, 11) is 0. The SMILES string of the molecule is CCc1ccc(-n2c(-c3cccnc3N)nc3ncc(-c4ccc(F)cc4)nc32)cc1. The summed E-state index contributed by atoms with van der Waals surface area (Å²) in [6.07, 6.45) is 4.23. The van der Waals surface area contributed by atoms with Crippen molar-refractivity contribution in [2.45, 2.75) is 13.3 Å². The summed E-state index contributed by atoms with van der Waals surface area (Å²) in [5, 5.41) is 0. The molecule has 2 aromatic carbocycles. The fourth-order valence-electron chi connectivity index (χ4n) is 3.52. The molecule has 0 radical (unpaired) electrons. The highest BCUT2D eigenvalue weighted by Crippen LogP contribution is 2.30. The molecule has 7 heteroatoms. The average molecular weight is 410 g/mol. The van der Waals surface area contributed by atoms with Gasteiger partial charge in [-0.2, -0.15) is 0 Å². The van der Waals surface area contributed by atoms with Crippen LogP contribution in [0.1, 0.15) is 12.5 Å². The molecule has 3 heterocycles. The van der Waals surface area contributed by atoms with Gasteiger partial charge >= 0.3 is 0 Å². The lowest BCUT2D eigenvalue weighted by Crippen LogP contribution is -2.02. The molecule has 0 saturated carbocycles. The van der Waals surface area contributed by atoms with Gasteiger partial charge in [0.2, 0.25) is 0 Å². The number of nitrogens with two attached hydrogens (primary N) is 1. The second-order valence-corrected chi connectivity index (χ2v) is 7.14. The maximum absolute atomic E-state index is 13.4. The van der Waals surface area contributed by atoms with Gasteiger partial charge in [-0.25, -0.2) is 24.3 Å². The third-order valence-electron chi connectivity index (χ3n) is 5.19. The number of aryl methyl sites for hydroxylation is 1. The lowest BCUT2D eigenvalue weighted by molar-refractivity contribution is 0.628. The van der Waals surface area contributed by atoms with Crippen LogP contribution >= 0.6 is 0 Å². The van der Waals surface area contributed by atoms with E-state index >= 15 is 0 Å². The summed E-state index contributed by atoms with van der Waals surface area (Å²) in [6.45, 7) is 2.11. The van der Waals surface area contributed by atoms with Crippen molar-refractivity contribution in [3.05, 3.63) is 84.4 Å². The van der Waals surface area contributed by atoms with E-state index in [4.69, 9.17) is 15.7 Å². The van der Waals surface area contributed by atoms with E-state index in [9.17, 15) is 4.39 Å². The van der Waals surface area contributed by atoms with Gasteiger partial charge < -0.3 is 5.73 Å². The van der Waals surface area contributed by atoms with Gasteiger partial charge in [0.1, 0.15) is 11.6 Å². The van der Waals surface area contributed by atoms with Crippen LogP contribution in [-0.4, -0.2) is 24.5 Å². The van der Waals surface area contributed by atoms with Crippen molar-refractivity contribution >= 4 is 17.1 Å². The highest BCUT2D eigenvalue weighted by Gasteiger charge is 2.19. The molecule has 0 amide bonds. The first kappa shape index (κ1) is 18.9. The van der Waals surface area contributed by atoms with Gasteiger partial charge in [0.25, 0.3) is 0 Å². The Kier molecular flexibility index (Phi) is 4.63. The van der Waals surface area contributed by atoms with Crippen LogP contribution in [0, 0.1) is 5.82 Å². The number of halogens is 1. The number of pyridine rings is 1. The van der Waals surface area contributed by atoms with Crippen LogP contribution in [0.3, 0.4) is 0 Å². The molecule has 0 aliphatic heterocycles. The van der Waals surface area contributed by atoms with Gasteiger partial charge in [0.05, 0.1) is 17.5 Å². The van der Waals surface area contributed by atoms with Crippen molar-refractivity contribution in [3.8, 4) is 28.3 Å². The van der Waals surface area contributed by atoms with E-state index in [0.717, 1.165) is 17.7 Å². The molecule has 0 bridgehead atoms. The predicted octanol–water partition coefficient (Wildman–Crippen LogP) is 4.83. The van der Waals surface area contributed by atoms with E-state index in [2.05, 4.69) is 29.0 Å². The number of anilines is 1. The summed E-state index contributed by atoms with van der Waals surface area (Å²) in [5.74, 6) is 0.692. The van der Waals surface area contributed by atoms with E-state index in [1.807, 2.05) is 28.8 Å². The van der Waals surface area contributed by atoms with Crippen LogP contribution in [0.5, 0.6) is 0 Å². The maximum atomic E-state index is 13.4. The molecule has 0 aliphatic carbocycles. The monoisotopic (exact) mass is 410 g/mol. The molecule has 0 atom stereocenters. The van der Waals surface area contributed by atoms with Crippen LogP contribution < -0.4 is 5.73 Å². The molecule has 3 aromatic heterocycles. The average Bonchev–Trinajstić information content (AvgIpc) is 3.18. The highest BCUT2D eigenvalue weighted by molar-refractivity contribution is 5.81. The van der Waals surface area contributed by atoms with Gasteiger partial charge in [0.15, 0.2) is 17.1 Å². The van der Waals surface area contributed by atoms with Crippen LogP contribution in [0.25, 0.3) is 39.6 Å². The van der Waals surface area contributed by atoms with Gasteiger partial charge in [-0.1, -0.05) is 19.1 Å². The van der Waals surface area contributed by atoms with Crippen molar-refractivity contribution in [1.82, 2.24) is 24.5 Å². The number of aromatic nitrogens is 5. The lowest BCUT2D eigenvalue weighted by atomic mass is 10.1.